The molecule has 0 amide bonds. The Hall–Kier alpha value is -0.0800. The van der Waals surface area contributed by atoms with Gasteiger partial charge in [-0.3, -0.25) is 4.90 Å². The molecule has 0 radical (unpaired) electrons. The lowest BCUT2D eigenvalue weighted by atomic mass is 9.77. The van der Waals surface area contributed by atoms with Crippen molar-refractivity contribution in [3.63, 3.8) is 0 Å². The van der Waals surface area contributed by atoms with Crippen LogP contribution in [0.25, 0.3) is 0 Å². The summed E-state index contributed by atoms with van der Waals surface area (Å²) >= 11 is 0. The van der Waals surface area contributed by atoms with E-state index in [9.17, 15) is 0 Å². The largest absolute Gasteiger partial charge is 0.372 e. The van der Waals surface area contributed by atoms with Crippen molar-refractivity contribution in [3.05, 3.63) is 0 Å². The average molecular weight is 183 g/mol. The van der Waals surface area contributed by atoms with Crippen LogP contribution in [0.1, 0.15) is 27.7 Å². The molecule has 3 heterocycles. The monoisotopic (exact) mass is 183 g/mol. The van der Waals surface area contributed by atoms with Gasteiger partial charge in [-0.1, -0.05) is 13.8 Å². The van der Waals surface area contributed by atoms with Gasteiger partial charge in [0.2, 0.25) is 0 Å². The summed E-state index contributed by atoms with van der Waals surface area (Å²) < 4.78 is 5.79. The van der Waals surface area contributed by atoms with E-state index in [0.29, 0.717) is 18.2 Å². The normalized spacial score (nSPS) is 39.7. The molecule has 3 rings (SSSR count). The molecular weight excluding hydrogens is 162 g/mol. The summed E-state index contributed by atoms with van der Waals surface area (Å²) in [6.45, 7) is 11.5. The van der Waals surface area contributed by atoms with Crippen LogP contribution in [0.4, 0.5) is 0 Å². The number of ether oxygens (including phenoxy) is 1. The maximum atomic E-state index is 5.79. The van der Waals surface area contributed by atoms with Crippen molar-refractivity contribution in [2.24, 2.45) is 11.8 Å². The van der Waals surface area contributed by atoms with Gasteiger partial charge in [-0.25, -0.2) is 0 Å². The van der Waals surface area contributed by atoms with Gasteiger partial charge in [0.15, 0.2) is 0 Å². The first-order chi connectivity index (χ1) is 6.09. The number of piperidine rings is 1. The lowest BCUT2D eigenvalue weighted by molar-refractivity contribution is -0.248. The Morgan fingerprint density at radius 1 is 1.08 bits per heavy atom. The molecule has 3 fully saturated rings. The van der Waals surface area contributed by atoms with Crippen LogP contribution in [0, 0.1) is 11.8 Å². The Labute approximate surface area is 81.3 Å². The molecule has 2 heteroatoms. The minimum absolute atomic E-state index is 0.529. The highest BCUT2D eigenvalue weighted by molar-refractivity contribution is 4.98. The van der Waals surface area contributed by atoms with Crippen LogP contribution < -0.4 is 0 Å². The van der Waals surface area contributed by atoms with Crippen LogP contribution in [0.5, 0.6) is 0 Å². The number of rotatable bonds is 2. The van der Waals surface area contributed by atoms with Crippen LogP contribution in [-0.2, 0) is 4.74 Å². The Bertz CT molecular complexity index is 179. The van der Waals surface area contributed by atoms with Crippen molar-refractivity contribution in [2.45, 2.75) is 45.9 Å². The molecule has 2 unspecified atom stereocenters. The van der Waals surface area contributed by atoms with E-state index in [0.717, 1.165) is 24.9 Å². The first-order valence-electron chi connectivity index (χ1n) is 5.49. The number of morpholine rings is 1. The summed E-state index contributed by atoms with van der Waals surface area (Å²) in [5, 5.41) is 0. The molecule has 2 atom stereocenters. The minimum Gasteiger partial charge on any atom is -0.372 e. The van der Waals surface area contributed by atoms with Gasteiger partial charge in [-0.2, -0.15) is 0 Å². The molecule has 3 aliphatic heterocycles. The number of hydrogen-bond acceptors (Lipinski definition) is 2. The predicted molar refractivity (Wildman–Crippen MR) is 53.7 cm³/mol. The lowest BCUT2D eigenvalue weighted by Crippen LogP contribution is -2.66. The maximum absolute atomic E-state index is 5.79. The molecule has 0 spiro atoms. The van der Waals surface area contributed by atoms with Crippen molar-refractivity contribution >= 4 is 0 Å². The van der Waals surface area contributed by atoms with Crippen molar-refractivity contribution < 1.29 is 4.74 Å². The van der Waals surface area contributed by atoms with E-state index in [-0.39, 0.29) is 0 Å². The van der Waals surface area contributed by atoms with Crippen molar-refractivity contribution in [1.82, 2.24) is 4.90 Å². The Morgan fingerprint density at radius 3 is 2.00 bits per heavy atom. The Balaban J connectivity index is 1.94. The van der Waals surface area contributed by atoms with Gasteiger partial charge in [0.1, 0.15) is 0 Å². The molecule has 0 saturated carbocycles. The highest BCUT2D eigenvalue weighted by atomic mass is 16.5. The molecule has 0 aromatic heterocycles. The summed E-state index contributed by atoms with van der Waals surface area (Å²) in [7, 11) is 0. The number of nitrogens with zero attached hydrogens (tertiary/aromatic N) is 1. The van der Waals surface area contributed by atoms with E-state index in [1.165, 1.54) is 0 Å². The third-order valence-electron chi connectivity index (χ3n) is 3.54. The van der Waals surface area contributed by atoms with Crippen molar-refractivity contribution in [2.75, 3.05) is 13.1 Å². The van der Waals surface area contributed by atoms with Crippen LogP contribution in [0.15, 0.2) is 0 Å². The smallest absolute Gasteiger partial charge is 0.0762 e. The molecule has 0 aromatic carbocycles. The zero-order valence-corrected chi connectivity index (χ0v) is 9.16. The van der Waals surface area contributed by atoms with Crippen LogP contribution in [0.3, 0.4) is 0 Å². The van der Waals surface area contributed by atoms with Crippen LogP contribution in [-0.4, -0.2) is 36.2 Å². The molecular formula is C11H21NO. The van der Waals surface area contributed by atoms with Gasteiger partial charge in [0.25, 0.3) is 0 Å². The van der Waals surface area contributed by atoms with Crippen LogP contribution in [0.2, 0.25) is 0 Å². The molecule has 2 nitrogen and oxygen atoms in total. The highest BCUT2D eigenvalue weighted by Crippen LogP contribution is 2.39. The van der Waals surface area contributed by atoms with E-state index in [2.05, 4.69) is 32.6 Å². The van der Waals surface area contributed by atoms with Crippen LogP contribution >= 0.6 is 0 Å². The van der Waals surface area contributed by atoms with Gasteiger partial charge in [-0.15, -0.1) is 0 Å². The zero-order chi connectivity index (χ0) is 9.59. The predicted octanol–water partition coefficient (Wildman–Crippen LogP) is 1.75. The van der Waals surface area contributed by atoms with Crippen molar-refractivity contribution in [1.29, 1.82) is 0 Å². The molecule has 2 bridgehead atoms. The SMILES string of the molecule is CC(C)C1C2CN(C(C)C)CC1O2. The molecule has 0 N–H and O–H groups in total. The number of hydrogen-bond donors (Lipinski definition) is 0. The summed E-state index contributed by atoms with van der Waals surface area (Å²) in [5.74, 6) is 1.62. The zero-order valence-electron chi connectivity index (χ0n) is 9.16. The second-order valence-corrected chi connectivity index (χ2v) is 5.08. The first-order valence-corrected chi connectivity index (χ1v) is 5.49. The molecule has 3 aliphatic rings. The fraction of sp³-hybridized carbons (Fsp3) is 1.00. The molecule has 76 valence electrons. The van der Waals surface area contributed by atoms with E-state index in [1.54, 1.807) is 0 Å². The first kappa shape index (κ1) is 9.47. The highest BCUT2D eigenvalue weighted by Gasteiger charge is 2.49. The molecule has 13 heavy (non-hydrogen) atoms. The number of fused-ring (bicyclic) bond motifs is 2. The van der Waals surface area contributed by atoms with Crippen molar-refractivity contribution in [3.8, 4) is 0 Å². The second-order valence-electron chi connectivity index (χ2n) is 5.08. The summed E-state index contributed by atoms with van der Waals surface area (Å²) in [5.41, 5.74) is 0. The van der Waals surface area contributed by atoms with E-state index in [4.69, 9.17) is 4.74 Å². The average Bonchev–Trinajstić information content (AvgIpc) is 2.03. The molecule has 3 saturated heterocycles. The van der Waals surface area contributed by atoms with Gasteiger partial charge >= 0.3 is 0 Å². The summed E-state index contributed by atoms with van der Waals surface area (Å²) in [6, 6.07) is 0.682. The van der Waals surface area contributed by atoms with Gasteiger partial charge in [-0.05, 0) is 19.8 Å². The van der Waals surface area contributed by atoms with Gasteiger partial charge in [0, 0.05) is 25.0 Å². The summed E-state index contributed by atoms with van der Waals surface area (Å²) in [6.07, 6.45) is 1.06. The van der Waals surface area contributed by atoms with Gasteiger partial charge in [0.05, 0.1) is 12.2 Å². The molecule has 0 aromatic rings. The third-order valence-corrected chi connectivity index (χ3v) is 3.54. The lowest BCUT2D eigenvalue weighted by Gasteiger charge is -2.56. The Kier molecular flexibility index (Phi) is 2.37. The fourth-order valence-corrected chi connectivity index (χ4v) is 2.70. The maximum Gasteiger partial charge on any atom is 0.0762 e. The fourth-order valence-electron chi connectivity index (χ4n) is 2.70. The minimum atomic E-state index is 0.529. The van der Waals surface area contributed by atoms with Gasteiger partial charge < -0.3 is 4.74 Å². The van der Waals surface area contributed by atoms with E-state index >= 15 is 0 Å². The van der Waals surface area contributed by atoms with E-state index < -0.39 is 0 Å². The Morgan fingerprint density at radius 2 is 1.62 bits per heavy atom. The third kappa shape index (κ3) is 1.50. The standard InChI is InChI=1S/C11H21NO/c1-7(2)11-9-5-12(8(3)4)6-10(11)13-9/h7-11H,5-6H2,1-4H3. The van der Waals surface area contributed by atoms with E-state index in [1.807, 2.05) is 0 Å². The summed E-state index contributed by atoms with van der Waals surface area (Å²) in [4.78, 5) is 2.54. The second kappa shape index (κ2) is 3.25. The molecule has 0 aliphatic carbocycles. The quantitative estimate of drug-likeness (QED) is 0.646. The topological polar surface area (TPSA) is 12.5 Å².